The van der Waals surface area contributed by atoms with E-state index in [0.717, 1.165) is 16.3 Å². The SMILES string of the molecule is CCC(C)C1(C(=O)O)NC(c2cccc3ccccc23)C2C(=O)NC(=O)C21. The summed E-state index contributed by atoms with van der Waals surface area (Å²) < 4.78 is 0. The van der Waals surface area contributed by atoms with Gasteiger partial charge in [-0.15, -0.1) is 0 Å². The molecule has 2 heterocycles. The molecular formula is C21H22N2O4. The van der Waals surface area contributed by atoms with Gasteiger partial charge in [0, 0.05) is 6.04 Å². The van der Waals surface area contributed by atoms with Crippen LogP contribution in [0.2, 0.25) is 0 Å². The summed E-state index contributed by atoms with van der Waals surface area (Å²) in [4.78, 5) is 37.7. The highest BCUT2D eigenvalue weighted by Crippen LogP contribution is 2.50. The lowest BCUT2D eigenvalue weighted by atomic mass is 9.72. The van der Waals surface area contributed by atoms with Gasteiger partial charge in [-0.05, 0) is 22.3 Å². The molecule has 0 spiro atoms. The molecule has 0 bridgehead atoms. The van der Waals surface area contributed by atoms with Crippen LogP contribution in [0.5, 0.6) is 0 Å². The van der Waals surface area contributed by atoms with Gasteiger partial charge >= 0.3 is 5.97 Å². The maximum absolute atomic E-state index is 12.6. The van der Waals surface area contributed by atoms with Crippen LogP contribution in [-0.2, 0) is 14.4 Å². The van der Waals surface area contributed by atoms with E-state index < -0.39 is 41.2 Å². The molecule has 0 aromatic heterocycles. The summed E-state index contributed by atoms with van der Waals surface area (Å²) in [6, 6.07) is 13.0. The molecule has 5 atom stereocenters. The van der Waals surface area contributed by atoms with Crippen molar-refractivity contribution in [2.24, 2.45) is 17.8 Å². The second-order valence-electron chi connectivity index (χ2n) is 7.53. The minimum atomic E-state index is -1.47. The van der Waals surface area contributed by atoms with E-state index >= 15 is 0 Å². The number of hydrogen-bond donors (Lipinski definition) is 3. The molecule has 27 heavy (non-hydrogen) atoms. The second-order valence-corrected chi connectivity index (χ2v) is 7.53. The molecule has 2 amide bonds. The van der Waals surface area contributed by atoms with E-state index in [1.54, 1.807) is 0 Å². The number of benzene rings is 2. The lowest BCUT2D eigenvalue weighted by Crippen LogP contribution is -2.59. The molecule has 6 nitrogen and oxygen atoms in total. The highest BCUT2D eigenvalue weighted by atomic mass is 16.4. The van der Waals surface area contributed by atoms with Crippen molar-refractivity contribution in [3.05, 3.63) is 48.0 Å². The van der Waals surface area contributed by atoms with E-state index in [4.69, 9.17) is 0 Å². The normalized spacial score (nSPS) is 31.0. The zero-order valence-corrected chi connectivity index (χ0v) is 15.2. The van der Waals surface area contributed by atoms with Crippen molar-refractivity contribution in [3.63, 3.8) is 0 Å². The van der Waals surface area contributed by atoms with Crippen molar-refractivity contribution in [2.75, 3.05) is 0 Å². The lowest BCUT2D eigenvalue weighted by Gasteiger charge is -2.35. The Labute approximate surface area is 156 Å². The number of rotatable bonds is 4. The Kier molecular flexibility index (Phi) is 4.03. The van der Waals surface area contributed by atoms with E-state index in [2.05, 4.69) is 10.6 Å². The molecule has 5 unspecified atom stereocenters. The molecule has 2 fully saturated rings. The quantitative estimate of drug-likeness (QED) is 0.722. The van der Waals surface area contributed by atoms with Gasteiger partial charge in [0.05, 0.1) is 11.8 Å². The number of carbonyl (C=O) groups excluding carboxylic acids is 2. The van der Waals surface area contributed by atoms with Crippen LogP contribution < -0.4 is 10.6 Å². The average Bonchev–Trinajstić information content (AvgIpc) is 3.18. The first-order valence-electron chi connectivity index (χ1n) is 9.25. The maximum atomic E-state index is 12.6. The summed E-state index contributed by atoms with van der Waals surface area (Å²) in [5, 5.41) is 17.7. The average molecular weight is 366 g/mol. The third kappa shape index (κ3) is 2.33. The number of hydrogen-bond acceptors (Lipinski definition) is 4. The molecule has 4 rings (SSSR count). The first kappa shape index (κ1) is 17.7. The maximum Gasteiger partial charge on any atom is 0.325 e. The van der Waals surface area contributed by atoms with Crippen LogP contribution in [0, 0.1) is 17.8 Å². The summed E-state index contributed by atoms with van der Waals surface area (Å²) in [6.07, 6.45) is 0.576. The van der Waals surface area contributed by atoms with Gasteiger partial charge in [-0.25, -0.2) is 0 Å². The number of imide groups is 1. The molecule has 0 radical (unpaired) electrons. The molecule has 3 N–H and O–H groups in total. The zero-order chi connectivity index (χ0) is 19.3. The Morgan fingerprint density at radius 2 is 1.85 bits per heavy atom. The topological polar surface area (TPSA) is 95.5 Å². The van der Waals surface area contributed by atoms with Crippen LogP contribution in [0.1, 0.15) is 31.9 Å². The fraction of sp³-hybridized carbons (Fsp3) is 0.381. The zero-order valence-electron chi connectivity index (χ0n) is 15.2. The highest BCUT2D eigenvalue weighted by molar-refractivity contribution is 6.09. The van der Waals surface area contributed by atoms with Crippen LogP contribution in [0.4, 0.5) is 0 Å². The lowest BCUT2D eigenvalue weighted by molar-refractivity contribution is -0.152. The molecule has 2 aliphatic heterocycles. The van der Waals surface area contributed by atoms with Crippen LogP contribution in [0.25, 0.3) is 10.8 Å². The predicted octanol–water partition coefficient (Wildman–Crippen LogP) is 2.24. The Bertz CT molecular complexity index is 951. The van der Waals surface area contributed by atoms with Gasteiger partial charge in [-0.2, -0.15) is 0 Å². The molecule has 2 aliphatic rings. The van der Waals surface area contributed by atoms with Crippen molar-refractivity contribution in [2.45, 2.75) is 31.8 Å². The fourth-order valence-corrected chi connectivity index (χ4v) is 4.84. The van der Waals surface area contributed by atoms with E-state index in [1.807, 2.05) is 56.3 Å². The van der Waals surface area contributed by atoms with Gasteiger partial charge in [0.1, 0.15) is 5.54 Å². The van der Waals surface area contributed by atoms with E-state index in [0.29, 0.717) is 6.42 Å². The first-order chi connectivity index (χ1) is 12.9. The van der Waals surface area contributed by atoms with Crippen LogP contribution >= 0.6 is 0 Å². The molecule has 0 saturated carbocycles. The van der Waals surface area contributed by atoms with Crippen LogP contribution in [0.3, 0.4) is 0 Å². The third-order valence-corrected chi connectivity index (χ3v) is 6.34. The Morgan fingerprint density at radius 1 is 1.15 bits per heavy atom. The summed E-state index contributed by atoms with van der Waals surface area (Å²) >= 11 is 0. The molecule has 2 saturated heterocycles. The van der Waals surface area contributed by atoms with Gasteiger partial charge in [0.2, 0.25) is 11.8 Å². The third-order valence-electron chi connectivity index (χ3n) is 6.34. The van der Waals surface area contributed by atoms with E-state index in [1.165, 1.54) is 0 Å². The monoisotopic (exact) mass is 366 g/mol. The van der Waals surface area contributed by atoms with Crippen molar-refractivity contribution < 1.29 is 19.5 Å². The number of carboxylic acids is 1. The smallest absolute Gasteiger partial charge is 0.325 e. The Hall–Kier alpha value is -2.73. The van der Waals surface area contributed by atoms with Gasteiger partial charge in [0.25, 0.3) is 0 Å². The van der Waals surface area contributed by atoms with Gasteiger partial charge in [0.15, 0.2) is 0 Å². The summed E-state index contributed by atoms with van der Waals surface area (Å²) in [6.45, 7) is 3.71. The number of aliphatic carboxylic acids is 1. The predicted molar refractivity (Wildman–Crippen MR) is 99.8 cm³/mol. The first-order valence-corrected chi connectivity index (χ1v) is 9.25. The number of carbonyl (C=O) groups is 3. The highest BCUT2D eigenvalue weighted by Gasteiger charge is 2.67. The summed E-state index contributed by atoms with van der Waals surface area (Å²) in [7, 11) is 0. The number of carboxylic acid groups (broad SMARTS) is 1. The fourth-order valence-electron chi connectivity index (χ4n) is 4.84. The molecule has 2 aromatic rings. The largest absolute Gasteiger partial charge is 0.480 e. The van der Waals surface area contributed by atoms with Crippen molar-refractivity contribution in [3.8, 4) is 0 Å². The molecule has 140 valence electrons. The minimum Gasteiger partial charge on any atom is -0.480 e. The van der Waals surface area contributed by atoms with Crippen LogP contribution in [0.15, 0.2) is 42.5 Å². The molecule has 6 heteroatoms. The van der Waals surface area contributed by atoms with Crippen LogP contribution in [-0.4, -0.2) is 28.4 Å². The van der Waals surface area contributed by atoms with E-state index in [-0.39, 0.29) is 5.92 Å². The van der Waals surface area contributed by atoms with Crippen molar-refractivity contribution >= 4 is 28.6 Å². The molecule has 0 aliphatic carbocycles. The van der Waals surface area contributed by atoms with Crippen molar-refractivity contribution in [1.29, 1.82) is 0 Å². The standard InChI is InChI=1S/C21H22N2O4/c1-3-11(2)21(20(26)27)16-15(18(24)22-19(16)25)17(23-21)14-10-6-8-12-7-4-5-9-13(12)14/h4-11,15-17,23H,3H2,1-2H3,(H,26,27)(H,22,24,25). The second kappa shape index (κ2) is 6.16. The van der Waals surface area contributed by atoms with E-state index in [9.17, 15) is 19.5 Å². The summed E-state index contributed by atoms with van der Waals surface area (Å²) in [5.41, 5.74) is -0.628. The van der Waals surface area contributed by atoms with Gasteiger partial charge < -0.3 is 5.11 Å². The number of amides is 2. The Morgan fingerprint density at radius 3 is 2.56 bits per heavy atom. The Balaban J connectivity index is 1.93. The molecular weight excluding hydrogens is 344 g/mol. The molecule has 2 aromatic carbocycles. The summed E-state index contributed by atoms with van der Waals surface area (Å²) in [5.74, 6) is -3.97. The number of fused-ring (bicyclic) bond motifs is 2. The van der Waals surface area contributed by atoms with Crippen molar-refractivity contribution in [1.82, 2.24) is 10.6 Å². The minimum absolute atomic E-state index is 0.320. The van der Waals surface area contributed by atoms with Gasteiger partial charge in [-0.3, -0.25) is 25.0 Å². The van der Waals surface area contributed by atoms with Gasteiger partial charge in [-0.1, -0.05) is 62.7 Å². The number of nitrogens with one attached hydrogen (secondary N) is 2.